The van der Waals surface area contributed by atoms with Gasteiger partial charge in [0.1, 0.15) is 0 Å². The van der Waals surface area contributed by atoms with Crippen LogP contribution < -0.4 is 4.90 Å². The van der Waals surface area contributed by atoms with E-state index in [4.69, 9.17) is 0 Å². The lowest BCUT2D eigenvalue weighted by Crippen LogP contribution is -2.44. The number of aromatic nitrogens is 1. The van der Waals surface area contributed by atoms with Crippen molar-refractivity contribution in [3.8, 4) is 0 Å². The molecule has 164 valence electrons. The van der Waals surface area contributed by atoms with Crippen molar-refractivity contribution in [2.75, 3.05) is 38.1 Å². The van der Waals surface area contributed by atoms with Crippen molar-refractivity contribution in [3.05, 3.63) is 76.4 Å². The lowest BCUT2D eigenvalue weighted by Gasteiger charge is -2.34. The number of halogens is 1. The lowest BCUT2D eigenvalue weighted by molar-refractivity contribution is -0.121. The lowest BCUT2D eigenvalue weighted by atomic mass is 10.1. The Morgan fingerprint density at radius 1 is 0.969 bits per heavy atom. The van der Waals surface area contributed by atoms with Crippen LogP contribution in [-0.2, 0) is 9.59 Å². The molecule has 2 heterocycles. The van der Waals surface area contributed by atoms with Crippen molar-refractivity contribution in [2.24, 2.45) is 0 Å². The highest BCUT2D eigenvalue weighted by atomic mass is 79.9. The first-order valence-electron chi connectivity index (χ1n) is 10.7. The fourth-order valence-electron chi connectivity index (χ4n) is 3.74. The van der Waals surface area contributed by atoms with E-state index in [-0.39, 0.29) is 18.0 Å². The summed E-state index contributed by atoms with van der Waals surface area (Å²) in [4.78, 5) is 32.3. The van der Waals surface area contributed by atoms with Crippen LogP contribution in [0, 0.1) is 0 Å². The van der Waals surface area contributed by atoms with Gasteiger partial charge in [-0.05, 0) is 60.0 Å². The third-order valence-electron chi connectivity index (χ3n) is 5.69. The molecule has 0 atom stereocenters. The quantitative estimate of drug-likeness (QED) is 0.375. The molecule has 0 bridgehead atoms. The fourth-order valence-corrected chi connectivity index (χ4v) is 4.24. The number of aromatic amines is 1. The summed E-state index contributed by atoms with van der Waals surface area (Å²) in [6.45, 7) is 4.11. The van der Waals surface area contributed by atoms with Gasteiger partial charge in [0, 0.05) is 48.1 Å². The normalized spacial score (nSPS) is 15.2. The summed E-state index contributed by atoms with van der Waals surface area (Å²) < 4.78 is 0.934. The van der Waals surface area contributed by atoms with Gasteiger partial charge in [0.05, 0.1) is 6.42 Å². The van der Waals surface area contributed by atoms with Gasteiger partial charge in [-0.1, -0.05) is 46.3 Å². The molecule has 32 heavy (non-hydrogen) atoms. The zero-order valence-electron chi connectivity index (χ0n) is 18.1. The van der Waals surface area contributed by atoms with Crippen molar-refractivity contribution in [1.82, 2.24) is 9.88 Å². The Kier molecular flexibility index (Phi) is 7.02. The number of anilines is 1. The molecule has 2 aromatic carbocycles. The molecule has 0 aliphatic carbocycles. The minimum absolute atomic E-state index is 0.144. The summed E-state index contributed by atoms with van der Waals surface area (Å²) >= 11 is 3.61. The highest BCUT2D eigenvalue weighted by Crippen LogP contribution is 2.26. The highest BCUT2D eigenvalue weighted by Gasteiger charge is 2.15. The maximum atomic E-state index is 12.3. The van der Waals surface area contributed by atoms with Crippen molar-refractivity contribution in [1.29, 1.82) is 0 Å². The van der Waals surface area contributed by atoms with E-state index >= 15 is 0 Å². The standard InChI is InChI=1S/C26H26BrN3O2/c1-29-12-14-30(15-13-29)22-7-5-20(25(27)17-22)6-9-24(32)18-23(31)8-3-19-2-4-21-10-11-28-26(21)16-19/h2-11,16-17,28H,12-15,18H2,1H3. The van der Waals surface area contributed by atoms with Crippen LogP contribution in [0.4, 0.5) is 5.69 Å². The molecule has 5 nitrogen and oxygen atoms in total. The molecule has 1 N–H and O–H groups in total. The van der Waals surface area contributed by atoms with Crippen LogP contribution in [0.2, 0.25) is 0 Å². The van der Waals surface area contributed by atoms with Crippen molar-refractivity contribution >= 4 is 56.2 Å². The Morgan fingerprint density at radius 2 is 1.72 bits per heavy atom. The van der Waals surface area contributed by atoms with E-state index in [1.54, 1.807) is 12.2 Å². The Labute approximate surface area is 196 Å². The van der Waals surface area contributed by atoms with E-state index in [2.05, 4.69) is 49.9 Å². The molecule has 1 saturated heterocycles. The smallest absolute Gasteiger partial charge is 0.163 e. The molecule has 0 amide bonds. The Bertz CT molecular complexity index is 1190. The van der Waals surface area contributed by atoms with E-state index in [9.17, 15) is 9.59 Å². The Balaban J connectivity index is 1.32. The number of nitrogens with zero attached hydrogens (tertiary/aromatic N) is 2. The van der Waals surface area contributed by atoms with Crippen LogP contribution in [0.15, 0.2) is 65.3 Å². The molecule has 0 unspecified atom stereocenters. The minimum atomic E-state index is -0.213. The van der Waals surface area contributed by atoms with E-state index in [0.29, 0.717) is 0 Å². The second kappa shape index (κ2) is 10.1. The van der Waals surface area contributed by atoms with Crippen LogP contribution in [0.3, 0.4) is 0 Å². The van der Waals surface area contributed by atoms with E-state index in [1.807, 2.05) is 36.5 Å². The van der Waals surface area contributed by atoms with Crippen molar-refractivity contribution < 1.29 is 9.59 Å². The largest absolute Gasteiger partial charge is 0.369 e. The summed E-state index contributed by atoms with van der Waals surface area (Å²) in [7, 11) is 2.14. The van der Waals surface area contributed by atoms with Crippen LogP contribution in [0.1, 0.15) is 17.5 Å². The topological polar surface area (TPSA) is 56.4 Å². The van der Waals surface area contributed by atoms with E-state index in [0.717, 1.165) is 52.7 Å². The predicted molar refractivity (Wildman–Crippen MR) is 135 cm³/mol. The summed E-state index contributed by atoms with van der Waals surface area (Å²) in [5.74, 6) is -0.426. The molecular weight excluding hydrogens is 466 g/mol. The molecule has 1 aromatic heterocycles. The van der Waals surface area contributed by atoms with Gasteiger partial charge in [-0.3, -0.25) is 9.59 Å². The van der Waals surface area contributed by atoms with Gasteiger partial charge < -0.3 is 14.8 Å². The zero-order valence-corrected chi connectivity index (χ0v) is 19.6. The van der Waals surface area contributed by atoms with Crippen LogP contribution >= 0.6 is 15.9 Å². The van der Waals surface area contributed by atoms with Gasteiger partial charge in [-0.2, -0.15) is 0 Å². The number of H-pyrrole nitrogens is 1. The number of piperazine rings is 1. The monoisotopic (exact) mass is 491 g/mol. The predicted octanol–water partition coefficient (Wildman–Crippen LogP) is 4.94. The number of allylic oxidation sites excluding steroid dienone is 2. The van der Waals surface area contributed by atoms with Gasteiger partial charge in [0.25, 0.3) is 0 Å². The van der Waals surface area contributed by atoms with Crippen molar-refractivity contribution in [3.63, 3.8) is 0 Å². The molecule has 1 fully saturated rings. The fraction of sp³-hybridized carbons (Fsp3) is 0.231. The minimum Gasteiger partial charge on any atom is -0.369 e. The number of hydrogen-bond acceptors (Lipinski definition) is 4. The highest BCUT2D eigenvalue weighted by molar-refractivity contribution is 9.10. The molecule has 3 aromatic rings. The van der Waals surface area contributed by atoms with Gasteiger partial charge in [0.15, 0.2) is 11.6 Å². The third-order valence-corrected chi connectivity index (χ3v) is 6.38. The van der Waals surface area contributed by atoms with Gasteiger partial charge >= 0.3 is 0 Å². The maximum absolute atomic E-state index is 12.3. The Morgan fingerprint density at radius 3 is 2.47 bits per heavy atom. The van der Waals surface area contributed by atoms with Crippen molar-refractivity contribution in [2.45, 2.75) is 6.42 Å². The first kappa shape index (κ1) is 22.2. The summed E-state index contributed by atoms with van der Waals surface area (Å²) in [5, 5.41) is 1.12. The zero-order chi connectivity index (χ0) is 22.5. The summed E-state index contributed by atoms with van der Waals surface area (Å²) in [6, 6.07) is 14.1. The van der Waals surface area contributed by atoms with Gasteiger partial charge in [0.2, 0.25) is 0 Å². The molecule has 6 heteroatoms. The molecular formula is C26H26BrN3O2. The average molecular weight is 492 g/mol. The van der Waals surface area contributed by atoms with Gasteiger partial charge in [-0.15, -0.1) is 0 Å². The summed E-state index contributed by atoms with van der Waals surface area (Å²) in [5.41, 5.74) is 4.02. The maximum Gasteiger partial charge on any atom is 0.163 e. The summed E-state index contributed by atoms with van der Waals surface area (Å²) in [6.07, 6.45) is 8.19. The van der Waals surface area contributed by atoms with Gasteiger partial charge in [-0.25, -0.2) is 0 Å². The SMILES string of the molecule is CN1CCN(c2ccc(C=CC(=O)CC(=O)C=Cc3ccc4cc[nH]c4c3)c(Br)c2)CC1. The molecule has 0 spiro atoms. The number of carbonyl (C=O) groups is 2. The van der Waals surface area contributed by atoms with Crippen LogP contribution in [0.5, 0.6) is 0 Å². The second-order valence-corrected chi connectivity index (χ2v) is 8.95. The number of carbonyl (C=O) groups excluding carboxylic acids is 2. The first-order valence-corrected chi connectivity index (χ1v) is 11.5. The Hall–Kier alpha value is -2.96. The number of rotatable bonds is 7. The number of fused-ring (bicyclic) bond motifs is 1. The average Bonchev–Trinajstić information content (AvgIpc) is 3.25. The van der Waals surface area contributed by atoms with E-state index < -0.39 is 0 Å². The van der Waals surface area contributed by atoms with Crippen LogP contribution in [0.25, 0.3) is 23.1 Å². The number of benzene rings is 2. The number of ketones is 2. The third kappa shape index (κ3) is 5.64. The molecule has 4 rings (SSSR count). The molecule has 1 aliphatic heterocycles. The van der Waals surface area contributed by atoms with E-state index in [1.165, 1.54) is 17.8 Å². The molecule has 1 aliphatic rings. The molecule has 0 radical (unpaired) electrons. The van der Waals surface area contributed by atoms with Crippen LogP contribution in [-0.4, -0.2) is 54.7 Å². The second-order valence-electron chi connectivity index (χ2n) is 8.10. The first-order chi connectivity index (χ1) is 15.5. The molecule has 0 saturated carbocycles. The number of hydrogen-bond donors (Lipinski definition) is 1. The number of nitrogens with one attached hydrogen (secondary N) is 1. The number of likely N-dealkylation sites (N-methyl/N-ethyl adjacent to an activating group) is 1.